The molecule has 8 heavy (non-hydrogen) atoms. The molecule has 0 aromatic heterocycles. The van der Waals surface area contributed by atoms with Crippen LogP contribution in [0.3, 0.4) is 0 Å². The Morgan fingerprint density at radius 3 is 2.50 bits per heavy atom. The van der Waals surface area contributed by atoms with Crippen molar-refractivity contribution in [2.45, 2.75) is 19.4 Å². The molecule has 1 rings (SSSR count). The molecule has 0 aliphatic carbocycles. The average Bonchev–Trinajstić information content (AvgIpc) is 1.65. The summed E-state index contributed by atoms with van der Waals surface area (Å²) < 4.78 is 5.44. The van der Waals surface area contributed by atoms with Gasteiger partial charge in [-0.1, -0.05) is 0 Å². The lowest BCUT2D eigenvalue weighted by Gasteiger charge is -2.29. The van der Waals surface area contributed by atoms with Gasteiger partial charge in [0.25, 0.3) is 0 Å². The Morgan fingerprint density at radius 2 is 2.25 bits per heavy atom. The number of hydrogen-bond acceptors (Lipinski definition) is 2. The fourth-order valence-electron chi connectivity index (χ4n) is 0.737. The third-order valence-electron chi connectivity index (χ3n) is 1.17. The lowest BCUT2D eigenvalue weighted by molar-refractivity contribution is 0.00510. The first-order chi connectivity index (χ1) is 3.71. The summed E-state index contributed by atoms with van der Waals surface area (Å²) in [5, 5.41) is 0. The Kier molecular flexibility index (Phi) is 1.83. The van der Waals surface area contributed by atoms with E-state index >= 15 is 0 Å². The summed E-state index contributed by atoms with van der Waals surface area (Å²) in [6.07, 6.45) is 0. The van der Waals surface area contributed by atoms with Crippen LogP contribution in [0.1, 0.15) is 13.8 Å². The van der Waals surface area contributed by atoms with Crippen molar-refractivity contribution >= 4 is 11.8 Å². The lowest BCUT2D eigenvalue weighted by atomic mass is 10.2. The number of rotatable bonds is 0. The van der Waals surface area contributed by atoms with E-state index in [1.54, 1.807) is 0 Å². The van der Waals surface area contributed by atoms with Crippen LogP contribution in [0.15, 0.2) is 0 Å². The third kappa shape index (κ3) is 1.67. The van der Waals surface area contributed by atoms with Crippen LogP contribution >= 0.6 is 11.8 Å². The van der Waals surface area contributed by atoms with Crippen molar-refractivity contribution in [2.24, 2.45) is 0 Å². The molecule has 0 aromatic rings. The van der Waals surface area contributed by atoms with Crippen molar-refractivity contribution in [3.63, 3.8) is 0 Å². The van der Waals surface area contributed by atoms with E-state index in [2.05, 4.69) is 13.8 Å². The van der Waals surface area contributed by atoms with Crippen molar-refractivity contribution in [2.75, 3.05) is 18.1 Å². The largest absolute Gasteiger partial charge is 0.374 e. The topological polar surface area (TPSA) is 9.23 Å². The highest BCUT2D eigenvalue weighted by Crippen LogP contribution is 2.21. The molecule has 1 heterocycles. The number of hydrogen-bond donors (Lipinski definition) is 0. The lowest BCUT2D eigenvalue weighted by Crippen LogP contribution is -2.32. The molecule has 1 fully saturated rings. The Labute approximate surface area is 54.8 Å². The summed E-state index contributed by atoms with van der Waals surface area (Å²) in [5.41, 5.74) is 0.142. The van der Waals surface area contributed by atoms with Crippen LogP contribution in [-0.2, 0) is 4.74 Å². The maximum absolute atomic E-state index is 5.44. The zero-order chi connectivity index (χ0) is 6.04. The zero-order valence-electron chi connectivity index (χ0n) is 5.44. The van der Waals surface area contributed by atoms with E-state index in [0.717, 1.165) is 12.4 Å². The van der Waals surface area contributed by atoms with Gasteiger partial charge < -0.3 is 4.74 Å². The quantitative estimate of drug-likeness (QED) is 0.494. The van der Waals surface area contributed by atoms with Gasteiger partial charge in [-0.2, -0.15) is 11.8 Å². The van der Waals surface area contributed by atoms with Gasteiger partial charge in [0.15, 0.2) is 0 Å². The average molecular weight is 132 g/mol. The smallest absolute Gasteiger partial charge is 0.0716 e. The Balaban J connectivity index is 2.33. The van der Waals surface area contributed by atoms with E-state index in [4.69, 9.17) is 4.74 Å². The predicted octanol–water partition coefficient (Wildman–Crippen LogP) is 1.53. The summed E-state index contributed by atoms with van der Waals surface area (Å²) in [6.45, 7) is 5.20. The number of thioether (sulfide) groups is 1. The first-order valence-corrected chi connectivity index (χ1v) is 4.08. The van der Waals surface area contributed by atoms with E-state index in [9.17, 15) is 0 Å². The van der Waals surface area contributed by atoms with Gasteiger partial charge in [0.1, 0.15) is 0 Å². The minimum atomic E-state index is 0.142. The highest BCUT2D eigenvalue weighted by molar-refractivity contribution is 7.99. The first kappa shape index (κ1) is 6.43. The predicted molar refractivity (Wildman–Crippen MR) is 37.4 cm³/mol. The van der Waals surface area contributed by atoms with E-state index in [0.29, 0.717) is 0 Å². The summed E-state index contributed by atoms with van der Waals surface area (Å²) in [6, 6.07) is 0. The van der Waals surface area contributed by atoms with Gasteiger partial charge in [0.05, 0.1) is 12.2 Å². The molecule has 48 valence electrons. The van der Waals surface area contributed by atoms with Gasteiger partial charge in [0.2, 0.25) is 0 Å². The third-order valence-corrected chi connectivity index (χ3v) is 2.52. The minimum Gasteiger partial charge on any atom is -0.374 e. The van der Waals surface area contributed by atoms with Crippen LogP contribution in [0.2, 0.25) is 0 Å². The monoisotopic (exact) mass is 132 g/mol. The van der Waals surface area contributed by atoms with E-state index in [1.807, 2.05) is 11.8 Å². The molecule has 0 spiro atoms. The van der Waals surface area contributed by atoms with Crippen molar-refractivity contribution < 1.29 is 4.74 Å². The summed E-state index contributed by atoms with van der Waals surface area (Å²) in [4.78, 5) is 0. The second kappa shape index (κ2) is 2.28. The molecule has 1 nitrogen and oxygen atoms in total. The van der Waals surface area contributed by atoms with Crippen molar-refractivity contribution in [1.82, 2.24) is 0 Å². The van der Waals surface area contributed by atoms with Gasteiger partial charge in [0, 0.05) is 11.5 Å². The highest BCUT2D eigenvalue weighted by atomic mass is 32.2. The van der Waals surface area contributed by atoms with Crippen LogP contribution < -0.4 is 0 Å². The molecule has 0 saturated carbocycles. The molecule has 0 unspecified atom stereocenters. The van der Waals surface area contributed by atoms with Gasteiger partial charge in [-0.15, -0.1) is 0 Å². The molecule has 1 aliphatic rings. The minimum absolute atomic E-state index is 0.142. The second-order valence-electron chi connectivity index (χ2n) is 2.66. The fourth-order valence-corrected chi connectivity index (χ4v) is 1.66. The molecule has 0 bridgehead atoms. The molecule has 2 heteroatoms. The maximum Gasteiger partial charge on any atom is 0.0716 e. The molecule has 0 atom stereocenters. The molecular formula is C6H12OS. The van der Waals surface area contributed by atoms with E-state index in [-0.39, 0.29) is 5.60 Å². The molecule has 0 N–H and O–H groups in total. The van der Waals surface area contributed by atoms with Crippen LogP contribution in [0, 0.1) is 0 Å². The molecule has 0 aromatic carbocycles. The molecule has 0 amide bonds. The van der Waals surface area contributed by atoms with Gasteiger partial charge in [-0.05, 0) is 13.8 Å². The van der Waals surface area contributed by atoms with Crippen molar-refractivity contribution in [1.29, 1.82) is 0 Å². The normalized spacial score (nSPS) is 27.8. The summed E-state index contributed by atoms with van der Waals surface area (Å²) in [7, 11) is 0. The zero-order valence-corrected chi connectivity index (χ0v) is 6.25. The molecule has 1 aliphatic heterocycles. The van der Waals surface area contributed by atoms with Crippen molar-refractivity contribution in [3.8, 4) is 0 Å². The van der Waals surface area contributed by atoms with Gasteiger partial charge in [-0.3, -0.25) is 0 Å². The Morgan fingerprint density at radius 1 is 1.50 bits per heavy atom. The molecule has 1 saturated heterocycles. The maximum atomic E-state index is 5.44. The Hall–Kier alpha value is 0.310. The standard InChI is InChI=1S/C6H12OS/c1-6(2)5-8-4-3-7-6/h3-5H2,1-2H3. The Bertz CT molecular complexity index is 72.6. The summed E-state index contributed by atoms with van der Waals surface area (Å²) >= 11 is 1.98. The fraction of sp³-hybridized carbons (Fsp3) is 1.00. The SMILES string of the molecule is CC1(C)CSCCO1. The molecule has 0 radical (unpaired) electrons. The first-order valence-electron chi connectivity index (χ1n) is 2.92. The number of ether oxygens (including phenoxy) is 1. The van der Waals surface area contributed by atoms with Crippen molar-refractivity contribution in [3.05, 3.63) is 0 Å². The second-order valence-corrected chi connectivity index (χ2v) is 3.77. The van der Waals surface area contributed by atoms with Crippen LogP contribution in [0.25, 0.3) is 0 Å². The molecular weight excluding hydrogens is 120 g/mol. The van der Waals surface area contributed by atoms with Crippen LogP contribution in [0.4, 0.5) is 0 Å². The highest BCUT2D eigenvalue weighted by Gasteiger charge is 2.21. The van der Waals surface area contributed by atoms with E-state index in [1.165, 1.54) is 5.75 Å². The van der Waals surface area contributed by atoms with Gasteiger partial charge >= 0.3 is 0 Å². The summed E-state index contributed by atoms with van der Waals surface area (Å²) in [5.74, 6) is 2.32. The van der Waals surface area contributed by atoms with Crippen LogP contribution in [-0.4, -0.2) is 23.7 Å². The van der Waals surface area contributed by atoms with E-state index < -0.39 is 0 Å². The van der Waals surface area contributed by atoms with Gasteiger partial charge in [-0.25, -0.2) is 0 Å². The van der Waals surface area contributed by atoms with Crippen LogP contribution in [0.5, 0.6) is 0 Å².